The summed E-state index contributed by atoms with van der Waals surface area (Å²) in [4.78, 5) is 13.7. The van der Waals surface area contributed by atoms with Gasteiger partial charge >= 0.3 is 6.03 Å². The number of nitrogens with zero attached hydrogens (tertiary/aromatic N) is 1. The lowest BCUT2D eigenvalue weighted by molar-refractivity contribution is 0.0820. The van der Waals surface area contributed by atoms with Gasteiger partial charge in [-0.15, -0.1) is 0 Å². The molecule has 1 saturated heterocycles. The van der Waals surface area contributed by atoms with Crippen LogP contribution in [0.2, 0.25) is 5.02 Å². The number of anilines is 1. The first-order valence-corrected chi connectivity index (χ1v) is 7.04. The lowest BCUT2D eigenvalue weighted by atomic mass is 9.92. The highest BCUT2D eigenvalue weighted by molar-refractivity contribution is 6.30. The average Bonchev–Trinajstić information content (AvgIpc) is 2.43. The predicted octanol–water partition coefficient (Wildman–Crippen LogP) is 3.10. The number of halogens is 2. The molecule has 1 fully saturated rings. The zero-order valence-electron chi connectivity index (χ0n) is 11.3. The maximum atomic E-state index is 13.3. The molecule has 6 heteroatoms. The standard InChI is InChI=1S/C14H18ClFN2O2/c1-9(19)10-4-6-18(7-5-10)14(20)17-11-2-3-12(15)13(16)8-11/h2-3,8-10,19H,4-7H2,1H3,(H,17,20). The number of piperidine rings is 1. The molecule has 1 atom stereocenters. The SMILES string of the molecule is CC(O)C1CCN(C(=O)Nc2ccc(Cl)c(F)c2)CC1. The highest BCUT2D eigenvalue weighted by Crippen LogP contribution is 2.22. The molecule has 2 amide bonds. The summed E-state index contributed by atoms with van der Waals surface area (Å²) in [6.07, 6.45) is 1.21. The van der Waals surface area contributed by atoms with Gasteiger partial charge in [0.1, 0.15) is 5.82 Å². The first-order chi connectivity index (χ1) is 9.47. The van der Waals surface area contributed by atoms with Gasteiger partial charge in [-0.2, -0.15) is 0 Å². The Morgan fingerprint density at radius 2 is 2.15 bits per heavy atom. The van der Waals surface area contributed by atoms with E-state index in [1.165, 1.54) is 12.1 Å². The number of nitrogens with one attached hydrogen (secondary N) is 1. The van der Waals surface area contributed by atoms with Crippen molar-refractivity contribution in [1.29, 1.82) is 0 Å². The molecule has 1 unspecified atom stereocenters. The van der Waals surface area contributed by atoms with Gasteiger partial charge in [0.15, 0.2) is 0 Å². The lowest BCUT2D eigenvalue weighted by Gasteiger charge is -2.33. The highest BCUT2D eigenvalue weighted by atomic mass is 35.5. The number of hydrogen-bond donors (Lipinski definition) is 2. The smallest absolute Gasteiger partial charge is 0.321 e. The molecule has 0 saturated carbocycles. The van der Waals surface area contributed by atoms with Crippen molar-refractivity contribution < 1.29 is 14.3 Å². The first-order valence-electron chi connectivity index (χ1n) is 6.66. The molecule has 4 nitrogen and oxygen atoms in total. The number of carbonyl (C=O) groups excluding carboxylic acids is 1. The molecule has 1 aromatic rings. The van der Waals surface area contributed by atoms with Crippen molar-refractivity contribution >= 4 is 23.3 Å². The van der Waals surface area contributed by atoms with E-state index in [0.717, 1.165) is 12.8 Å². The molecule has 2 N–H and O–H groups in total. The first kappa shape index (κ1) is 15.1. The maximum absolute atomic E-state index is 13.3. The third kappa shape index (κ3) is 3.61. The summed E-state index contributed by atoms with van der Waals surface area (Å²) >= 11 is 5.59. The van der Waals surface area contributed by atoms with Crippen LogP contribution in [0, 0.1) is 11.7 Å². The number of aliphatic hydroxyl groups excluding tert-OH is 1. The second-order valence-corrected chi connectivity index (χ2v) is 5.53. The Morgan fingerprint density at radius 3 is 2.70 bits per heavy atom. The zero-order chi connectivity index (χ0) is 14.7. The fraction of sp³-hybridized carbons (Fsp3) is 0.500. The van der Waals surface area contributed by atoms with Crippen molar-refractivity contribution in [2.75, 3.05) is 18.4 Å². The Kier molecular flexibility index (Phi) is 4.83. The summed E-state index contributed by atoms with van der Waals surface area (Å²) in [5.41, 5.74) is 0.384. The van der Waals surface area contributed by atoms with Crippen LogP contribution in [0.1, 0.15) is 19.8 Å². The van der Waals surface area contributed by atoms with Gasteiger partial charge in [0.2, 0.25) is 0 Å². The number of hydrogen-bond acceptors (Lipinski definition) is 2. The summed E-state index contributed by atoms with van der Waals surface area (Å²) in [5.74, 6) is -0.315. The second-order valence-electron chi connectivity index (χ2n) is 5.12. The molecular weight excluding hydrogens is 283 g/mol. The van der Waals surface area contributed by atoms with Gasteiger partial charge in [-0.3, -0.25) is 0 Å². The van der Waals surface area contributed by atoms with E-state index in [2.05, 4.69) is 5.32 Å². The van der Waals surface area contributed by atoms with Gasteiger partial charge in [0, 0.05) is 18.8 Å². The van der Waals surface area contributed by atoms with E-state index in [1.54, 1.807) is 17.9 Å². The third-order valence-electron chi connectivity index (χ3n) is 3.68. The monoisotopic (exact) mass is 300 g/mol. The Labute approximate surface area is 122 Å². The minimum absolute atomic E-state index is 0.0285. The van der Waals surface area contributed by atoms with Crippen LogP contribution >= 0.6 is 11.6 Å². The van der Waals surface area contributed by atoms with Crippen LogP contribution in [0.25, 0.3) is 0 Å². The van der Waals surface area contributed by atoms with Crippen molar-refractivity contribution in [3.63, 3.8) is 0 Å². The van der Waals surface area contributed by atoms with Crippen molar-refractivity contribution in [3.8, 4) is 0 Å². The molecule has 20 heavy (non-hydrogen) atoms. The van der Waals surface area contributed by atoms with Crippen LogP contribution in [-0.4, -0.2) is 35.2 Å². The molecule has 0 radical (unpaired) electrons. The van der Waals surface area contributed by atoms with Crippen molar-refractivity contribution in [2.24, 2.45) is 5.92 Å². The van der Waals surface area contributed by atoms with E-state index in [0.29, 0.717) is 18.8 Å². The summed E-state index contributed by atoms with van der Waals surface area (Å²) in [5, 5.41) is 12.2. The molecule has 1 aliphatic rings. The molecule has 2 rings (SSSR count). The molecule has 110 valence electrons. The van der Waals surface area contributed by atoms with E-state index in [4.69, 9.17) is 11.6 Å². The lowest BCUT2D eigenvalue weighted by Crippen LogP contribution is -2.42. The van der Waals surface area contributed by atoms with E-state index in [-0.39, 0.29) is 23.1 Å². The number of aliphatic hydroxyl groups is 1. The van der Waals surface area contributed by atoms with Crippen LogP contribution in [0.3, 0.4) is 0 Å². The molecule has 0 bridgehead atoms. The molecule has 1 heterocycles. The maximum Gasteiger partial charge on any atom is 0.321 e. The normalized spacial score (nSPS) is 17.9. The molecular formula is C14H18ClFN2O2. The van der Waals surface area contributed by atoms with Crippen LogP contribution in [-0.2, 0) is 0 Å². The van der Waals surface area contributed by atoms with Crippen LogP contribution < -0.4 is 5.32 Å². The summed E-state index contributed by atoms with van der Waals surface area (Å²) in [6, 6.07) is 3.91. The Morgan fingerprint density at radius 1 is 1.50 bits per heavy atom. The Bertz CT molecular complexity index is 488. The Hall–Kier alpha value is -1.33. The number of benzene rings is 1. The van der Waals surface area contributed by atoms with Crippen LogP contribution in [0.4, 0.5) is 14.9 Å². The van der Waals surface area contributed by atoms with E-state index >= 15 is 0 Å². The summed E-state index contributed by atoms with van der Waals surface area (Å²) in [7, 11) is 0. The van der Waals surface area contributed by atoms with Crippen molar-refractivity contribution in [1.82, 2.24) is 4.90 Å². The molecule has 0 aromatic heterocycles. The van der Waals surface area contributed by atoms with Crippen molar-refractivity contribution in [2.45, 2.75) is 25.9 Å². The molecule has 1 aromatic carbocycles. The highest BCUT2D eigenvalue weighted by Gasteiger charge is 2.25. The topological polar surface area (TPSA) is 52.6 Å². The number of carbonyl (C=O) groups is 1. The average molecular weight is 301 g/mol. The zero-order valence-corrected chi connectivity index (χ0v) is 12.0. The van der Waals surface area contributed by atoms with Crippen LogP contribution in [0.15, 0.2) is 18.2 Å². The van der Waals surface area contributed by atoms with Gasteiger partial charge in [0.05, 0.1) is 11.1 Å². The minimum Gasteiger partial charge on any atom is -0.393 e. The summed E-state index contributed by atoms with van der Waals surface area (Å²) < 4.78 is 13.3. The number of rotatable bonds is 2. The summed E-state index contributed by atoms with van der Waals surface area (Å²) in [6.45, 7) is 2.96. The fourth-order valence-electron chi connectivity index (χ4n) is 2.36. The second kappa shape index (κ2) is 6.41. The van der Waals surface area contributed by atoms with Gasteiger partial charge < -0.3 is 15.3 Å². The van der Waals surface area contributed by atoms with Crippen molar-refractivity contribution in [3.05, 3.63) is 29.0 Å². The number of urea groups is 1. The number of amides is 2. The largest absolute Gasteiger partial charge is 0.393 e. The van der Waals surface area contributed by atoms with Gasteiger partial charge in [-0.25, -0.2) is 9.18 Å². The van der Waals surface area contributed by atoms with Gasteiger partial charge in [-0.05, 0) is 43.9 Å². The van der Waals surface area contributed by atoms with E-state index < -0.39 is 5.82 Å². The third-order valence-corrected chi connectivity index (χ3v) is 3.99. The fourth-order valence-corrected chi connectivity index (χ4v) is 2.48. The Balaban J connectivity index is 1.91. The van der Waals surface area contributed by atoms with Crippen LogP contribution in [0.5, 0.6) is 0 Å². The molecule has 1 aliphatic heterocycles. The minimum atomic E-state index is -0.558. The van der Waals surface area contributed by atoms with Gasteiger partial charge in [-0.1, -0.05) is 11.6 Å². The predicted molar refractivity (Wildman–Crippen MR) is 76.4 cm³/mol. The van der Waals surface area contributed by atoms with E-state index in [9.17, 15) is 14.3 Å². The van der Waals surface area contributed by atoms with E-state index in [1.807, 2.05) is 0 Å². The quantitative estimate of drug-likeness (QED) is 0.882. The molecule has 0 spiro atoms. The number of likely N-dealkylation sites (tertiary alicyclic amines) is 1. The van der Waals surface area contributed by atoms with Gasteiger partial charge in [0.25, 0.3) is 0 Å². The molecule has 0 aliphatic carbocycles.